The van der Waals surface area contributed by atoms with Gasteiger partial charge < -0.3 is 10.5 Å². The van der Waals surface area contributed by atoms with Gasteiger partial charge in [-0.1, -0.05) is 18.2 Å². The average Bonchev–Trinajstić information content (AvgIpc) is 2.40. The molecule has 1 fully saturated rings. The van der Waals surface area contributed by atoms with Crippen molar-refractivity contribution in [3.05, 3.63) is 29.8 Å². The average molecular weight is 248 g/mol. The van der Waals surface area contributed by atoms with E-state index in [1.54, 1.807) is 7.11 Å². The summed E-state index contributed by atoms with van der Waals surface area (Å²) in [5, 5.41) is 0. The first-order chi connectivity index (χ1) is 8.70. The molecule has 0 unspecified atom stereocenters. The Kier molecular flexibility index (Phi) is 4.61. The maximum Gasteiger partial charge on any atom is 0.123 e. The van der Waals surface area contributed by atoms with Crippen LogP contribution in [0.1, 0.15) is 31.2 Å². The minimum atomic E-state index is 0.418. The molecule has 0 radical (unpaired) electrons. The van der Waals surface area contributed by atoms with E-state index in [4.69, 9.17) is 10.5 Å². The fraction of sp³-hybridized carbons (Fsp3) is 0.600. The summed E-state index contributed by atoms with van der Waals surface area (Å²) in [7, 11) is 3.94. The summed E-state index contributed by atoms with van der Waals surface area (Å²) in [6.45, 7) is 0.948. The first-order valence-electron chi connectivity index (χ1n) is 6.78. The Morgan fingerprint density at radius 3 is 2.56 bits per heavy atom. The van der Waals surface area contributed by atoms with Crippen LogP contribution in [0.3, 0.4) is 0 Å². The van der Waals surface area contributed by atoms with Crippen molar-refractivity contribution in [3.8, 4) is 5.75 Å². The topological polar surface area (TPSA) is 38.5 Å². The summed E-state index contributed by atoms with van der Waals surface area (Å²) >= 11 is 0. The van der Waals surface area contributed by atoms with E-state index in [0.29, 0.717) is 12.1 Å². The molecule has 0 aliphatic heterocycles. The molecule has 1 aromatic rings. The number of benzene rings is 1. The Labute approximate surface area is 110 Å². The number of nitrogens with two attached hydrogens (primary N) is 1. The Morgan fingerprint density at radius 1 is 1.22 bits per heavy atom. The molecular formula is C15H24N2O. The Balaban J connectivity index is 1.96. The molecule has 0 saturated heterocycles. The third-order valence-electron chi connectivity index (χ3n) is 3.98. The van der Waals surface area contributed by atoms with Gasteiger partial charge in [0.05, 0.1) is 7.11 Å². The van der Waals surface area contributed by atoms with Crippen LogP contribution in [-0.2, 0) is 6.54 Å². The molecule has 0 bridgehead atoms. The summed E-state index contributed by atoms with van der Waals surface area (Å²) in [4.78, 5) is 2.43. The molecular weight excluding hydrogens is 224 g/mol. The Morgan fingerprint density at radius 2 is 1.89 bits per heavy atom. The van der Waals surface area contributed by atoms with Crippen LogP contribution in [0.4, 0.5) is 0 Å². The highest BCUT2D eigenvalue weighted by atomic mass is 16.5. The largest absolute Gasteiger partial charge is 0.496 e. The van der Waals surface area contributed by atoms with Gasteiger partial charge in [0.25, 0.3) is 0 Å². The number of nitrogens with zero attached hydrogens (tertiary/aromatic N) is 1. The zero-order valence-corrected chi connectivity index (χ0v) is 11.4. The second-order valence-corrected chi connectivity index (χ2v) is 5.30. The maximum atomic E-state index is 5.96. The number of hydrogen-bond donors (Lipinski definition) is 1. The summed E-state index contributed by atoms with van der Waals surface area (Å²) in [5.41, 5.74) is 7.22. The van der Waals surface area contributed by atoms with Crippen LogP contribution >= 0.6 is 0 Å². The van der Waals surface area contributed by atoms with Gasteiger partial charge in [-0.05, 0) is 38.8 Å². The predicted octanol–water partition coefficient (Wildman–Crippen LogP) is 2.40. The monoisotopic (exact) mass is 248 g/mol. The molecule has 1 aromatic carbocycles. The van der Waals surface area contributed by atoms with Crippen LogP contribution in [0.25, 0.3) is 0 Å². The van der Waals surface area contributed by atoms with E-state index in [-0.39, 0.29) is 0 Å². The SMILES string of the molecule is COc1ccccc1CN(C)C1CCC(N)CC1. The highest BCUT2D eigenvalue weighted by Crippen LogP contribution is 2.25. The lowest BCUT2D eigenvalue weighted by Gasteiger charge is -2.33. The Hall–Kier alpha value is -1.06. The van der Waals surface area contributed by atoms with E-state index in [1.807, 2.05) is 12.1 Å². The standard InChI is InChI=1S/C15H24N2O/c1-17(14-9-7-13(16)8-10-14)11-12-5-3-4-6-15(12)18-2/h3-6,13-14H,7-11,16H2,1-2H3. The van der Waals surface area contributed by atoms with Crippen molar-refractivity contribution in [1.82, 2.24) is 4.90 Å². The zero-order chi connectivity index (χ0) is 13.0. The van der Waals surface area contributed by atoms with Crippen molar-refractivity contribution in [1.29, 1.82) is 0 Å². The second-order valence-electron chi connectivity index (χ2n) is 5.30. The van der Waals surface area contributed by atoms with Gasteiger partial charge in [0.1, 0.15) is 5.75 Å². The molecule has 0 atom stereocenters. The summed E-state index contributed by atoms with van der Waals surface area (Å²) in [6.07, 6.45) is 4.74. The number of rotatable bonds is 4. The number of hydrogen-bond acceptors (Lipinski definition) is 3. The van der Waals surface area contributed by atoms with Crippen LogP contribution in [0, 0.1) is 0 Å². The van der Waals surface area contributed by atoms with E-state index < -0.39 is 0 Å². The van der Waals surface area contributed by atoms with Crippen LogP contribution < -0.4 is 10.5 Å². The van der Waals surface area contributed by atoms with Gasteiger partial charge in [-0.15, -0.1) is 0 Å². The molecule has 1 aliphatic rings. The quantitative estimate of drug-likeness (QED) is 0.889. The van der Waals surface area contributed by atoms with Crippen LogP contribution in [0.5, 0.6) is 5.75 Å². The van der Waals surface area contributed by atoms with Gasteiger partial charge in [0.2, 0.25) is 0 Å². The van der Waals surface area contributed by atoms with Crippen molar-refractivity contribution in [2.45, 2.75) is 44.3 Å². The molecule has 0 aromatic heterocycles. The molecule has 3 heteroatoms. The van der Waals surface area contributed by atoms with E-state index in [2.05, 4.69) is 24.1 Å². The van der Waals surface area contributed by atoms with E-state index in [1.165, 1.54) is 18.4 Å². The van der Waals surface area contributed by atoms with Gasteiger partial charge >= 0.3 is 0 Å². The molecule has 1 aliphatic carbocycles. The molecule has 0 amide bonds. The number of methoxy groups -OCH3 is 1. The van der Waals surface area contributed by atoms with E-state index in [0.717, 1.165) is 25.1 Å². The summed E-state index contributed by atoms with van der Waals surface area (Å²) < 4.78 is 5.40. The molecule has 0 heterocycles. The third kappa shape index (κ3) is 3.24. The highest BCUT2D eigenvalue weighted by Gasteiger charge is 2.22. The lowest BCUT2D eigenvalue weighted by Crippen LogP contribution is -2.38. The fourth-order valence-corrected chi connectivity index (χ4v) is 2.77. The molecule has 0 spiro atoms. The van der Waals surface area contributed by atoms with E-state index in [9.17, 15) is 0 Å². The van der Waals surface area contributed by atoms with Gasteiger partial charge in [-0.2, -0.15) is 0 Å². The van der Waals surface area contributed by atoms with Crippen molar-refractivity contribution in [2.24, 2.45) is 5.73 Å². The third-order valence-corrected chi connectivity index (χ3v) is 3.98. The first-order valence-corrected chi connectivity index (χ1v) is 6.78. The highest BCUT2D eigenvalue weighted by molar-refractivity contribution is 5.33. The van der Waals surface area contributed by atoms with Crippen LogP contribution in [0.2, 0.25) is 0 Å². The van der Waals surface area contributed by atoms with Gasteiger partial charge in [-0.3, -0.25) is 4.90 Å². The summed E-state index contributed by atoms with van der Waals surface area (Å²) in [6, 6.07) is 9.34. The molecule has 2 rings (SSSR count). The van der Waals surface area contributed by atoms with Crippen LogP contribution in [-0.4, -0.2) is 31.1 Å². The molecule has 1 saturated carbocycles. The first kappa shape index (κ1) is 13.4. The second kappa shape index (κ2) is 6.21. The van der Waals surface area contributed by atoms with Crippen molar-refractivity contribution < 1.29 is 4.74 Å². The Bertz CT molecular complexity index is 373. The van der Waals surface area contributed by atoms with Crippen molar-refractivity contribution in [3.63, 3.8) is 0 Å². The van der Waals surface area contributed by atoms with Gasteiger partial charge in [0, 0.05) is 24.2 Å². The van der Waals surface area contributed by atoms with E-state index >= 15 is 0 Å². The number of ether oxygens (including phenoxy) is 1. The van der Waals surface area contributed by atoms with Gasteiger partial charge in [0.15, 0.2) is 0 Å². The fourth-order valence-electron chi connectivity index (χ4n) is 2.77. The minimum absolute atomic E-state index is 0.418. The van der Waals surface area contributed by atoms with Crippen molar-refractivity contribution in [2.75, 3.05) is 14.2 Å². The molecule has 3 nitrogen and oxygen atoms in total. The predicted molar refractivity (Wildman–Crippen MR) is 74.7 cm³/mol. The lowest BCUT2D eigenvalue weighted by molar-refractivity contribution is 0.174. The molecule has 18 heavy (non-hydrogen) atoms. The maximum absolute atomic E-state index is 5.96. The lowest BCUT2D eigenvalue weighted by atomic mass is 9.91. The number of para-hydroxylation sites is 1. The summed E-state index contributed by atoms with van der Waals surface area (Å²) in [5.74, 6) is 0.983. The minimum Gasteiger partial charge on any atom is -0.496 e. The van der Waals surface area contributed by atoms with Crippen LogP contribution in [0.15, 0.2) is 24.3 Å². The zero-order valence-electron chi connectivity index (χ0n) is 11.4. The molecule has 100 valence electrons. The smallest absolute Gasteiger partial charge is 0.123 e. The van der Waals surface area contributed by atoms with Crippen molar-refractivity contribution >= 4 is 0 Å². The van der Waals surface area contributed by atoms with Gasteiger partial charge in [-0.25, -0.2) is 0 Å². The normalized spacial score (nSPS) is 24.2. The molecule has 2 N–H and O–H groups in total.